The van der Waals surface area contributed by atoms with Crippen molar-refractivity contribution in [3.05, 3.63) is 41.6 Å². The normalized spacial score (nSPS) is 16.5. The molecule has 13 nitrogen and oxygen atoms in total. The Balaban J connectivity index is 1.17. The molecule has 17 heteroatoms. The molecule has 1 aliphatic carbocycles. The molecule has 5 aromatic heterocycles. The van der Waals surface area contributed by atoms with E-state index in [1.165, 1.54) is 12.4 Å². The van der Waals surface area contributed by atoms with Gasteiger partial charge in [-0.05, 0) is 12.8 Å². The standard InChI is InChI=1S/C26H25ClF3N9O4/c1-37-21-19(27)15(43-16-11-33-38-4-3-31-23(20(16)38)42-6-5-40-2)10-32-22(21)35-24(37)34-18-7-17(26(28,29)30)39(36-18)14-8-25(9-14)12-41-13-25/h3-4,7,10-11,14H,5-6,8-9,12-13H2,1-2H3,(H,32,34,35,36). The smallest absolute Gasteiger partial charge is 0.433 e. The number of hydrogen-bond acceptors (Lipinski definition) is 10. The van der Waals surface area contributed by atoms with Crippen LogP contribution in [0.1, 0.15) is 24.6 Å². The van der Waals surface area contributed by atoms with Crippen LogP contribution in [0.4, 0.5) is 24.9 Å². The molecule has 0 aromatic carbocycles. The van der Waals surface area contributed by atoms with Crippen LogP contribution in [0.3, 0.4) is 0 Å². The van der Waals surface area contributed by atoms with Gasteiger partial charge in [-0.1, -0.05) is 11.6 Å². The van der Waals surface area contributed by atoms with E-state index in [2.05, 4.69) is 30.5 Å². The molecule has 0 atom stereocenters. The molecule has 1 aliphatic heterocycles. The average molecular weight is 620 g/mol. The minimum Gasteiger partial charge on any atom is -0.474 e. The zero-order valence-electron chi connectivity index (χ0n) is 22.9. The molecule has 5 aromatic rings. The third-order valence-corrected chi connectivity index (χ3v) is 8.05. The predicted octanol–water partition coefficient (Wildman–Crippen LogP) is 4.79. The summed E-state index contributed by atoms with van der Waals surface area (Å²) in [5.74, 6) is 1.02. The molecule has 1 N–H and O–H groups in total. The van der Waals surface area contributed by atoms with E-state index in [1.54, 1.807) is 35.6 Å². The molecule has 2 fully saturated rings. The van der Waals surface area contributed by atoms with E-state index in [4.69, 9.17) is 30.5 Å². The molecular formula is C26H25ClF3N9O4. The number of nitrogens with zero attached hydrogens (tertiary/aromatic N) is 8. The molecule has 0 bridgehead atoms. The maximum atomic E-state index is 13.9. The van der Waals surface area contributed by atoms with Crippen LogP contribution in [-0.2, 0) is 22.7 Å². The van der Waals surface area contributed by atoms with Crippen molar-refractivity contribution in [1.29, 1.82) is 0 Å². The summed E-state index contributed by atoms with van der Waals surface area (Å²) in [4.78, 5) is 13.1. The van der Waals surface area contributed by atoms with Crippen molar-refractivity contribution in [2.45, 2.75) is 25.1 Å². The summed E-state index contributed by atoms with van der Waals surface area (Å²) in [6.45, 7) is 1.79. The van der Waals surface area contributed by atoms with E-state index in [1.807, 2.05) is 0 Å². The van der Waals surface area contributed by atoms with Crippen molar-refractivity contribution in [2.24, 2.45) is 12.5 Å². The van der Waals surface area contributed by atoms with Crippen LogP contribution in [-0.4, -0.2) is 72.5 Å². The van der Waals surface area contributed by atoms with E-state index in [0.29, 0.717) is 55.3 Å². The van der Waals surface area contributed by atoms with Gasteiger partial charge in [0, 0.05) is 38.0 Å². The van der Waals surface area contributed by atoms with Crippen LogP contribution in [0.25, 0.3) is 16.7 Å². The zero-order valence-corrected chi connectivity index (χ0v) is 23.7. The van der Waals surface area contributed by atoms with Crippen LogP contribution < -0.4 is 14.8 Å². The predicted molar refractivity (Wildman–Crippen MR) is 146 cm³/mol. The van der Waals surface area contributed by atoms with Gasteiger partial charge in [-0.3, -0.25) is 4.68 Å². The average Bonchev–Trinajstić information content (AvgIpc) is 3.61. The Labute approximate surface area is 246 Å². The van der Waals surface area contributed by atoms with Gasteiger partial charge in [0.15, 0.2) is 28.5 Å². The van der Waals surface area contributed by atoms with Gasteiger partial charge in [0.2, 0.25) is 11.8 Å². The number of imidazole rings is 1. The fraction of sp³-hybridized carbons (Fsp3) is 0.423. The van der Waals surface area contributed by atoms with E-state index < -0.39 is 11.9 Å². The first-order chi connectivity index (χ1) is 20.7. The van der Waals surface area contributed by atoms with Gasteiger partial charge in [0.05, 0.1) is 38.3 Å². The first kappa shape index (κ1) is 27.7. The molecule has 0 radical (unpaired) electrons. The number of pyridine rings is 1. The Kier molecular flexibility index (Phi) is 6.59. The number of hydrogen-bond donors (Lipinski definition) is 1. The van der Waals surface area contributed by atoms with E-state index >= 15 is 0 Å². The molecule has 2 aliphatic rings. The molecule has 1 spiro atoms. The highest BCUT2D eigenvalue weighted by Crippen LogP contribution is 2.54. The number of aryl methyl sites for hydroxylation is 1. The van der Waals surface area contributed by atoms with Gasteiger partial charge >= 0.3 is 6.18 Å². The van der Waals surface area contributed by atoms with Gasteiger partial charge in [-0.15, -0.1) is 0 Å². The topological polar surface area (TPSA) is 128 Å². The summed E-state index contributed by atoms with van der Waals surface area (Å²) >= 11 is 6.75. The van der Waals surface area contributed by atoms with Crippen molar-refractivity contribution >= 4 is 40.0 Å². The van der Waals surface area contributed by atoms with E-state index in [0.717, 1.165) is 10.7 Å². The van der Waals surface area contributed by atoms with Gasteiger partial charge < -0.3 is 28.8 Å². The molecule has 1 saturated heterocycles. The summed E-state index contributed by atoms with van der Waals surface area (Å²) < 4.78 is 68.0. The summed E-state index contributed by atoms with van der Waals surface area (Å²) in [7, 11) is 3.22. The van der Waals surface area contributed by atoms with Crippen LogP contribution in [0, 0.1) is 5.41 Å². The number of halogens is 4. The number of fused-ring (bicyclic) bond motifs is 2. The van der Waals surface area contributed by atoms with Crippen LogP contribution in [0.15, 0.2) is 30.9 Å². The number of methoxy groups -OCH3 is 1. The van der Waals surface area contributed by atoms with Crippen molar-refractivity contribution in [3.8, 4) is 17.4 Å². The summed E-state index contributed by atoms with van der Waals surface area (Å²) in [6, 6.07) is 0.629. The lowest BCUT2D eigenvalue weighted by Crippen LogP contribution is -2.53. The molecule has 0 unspecified atom stereocenters. The third kappa shape index (κ3) is 4.78. The molecule has 0 amide bonds. The Morgan fingerprint density at radius 3 is 2.67 bits per heavy atom. The highest BCUT2D eigenvalue weighted by molar-refractivity contribution is 6.36. The minimum absolute atomic E-state index is 0.00370. The monoisotopic (exact) mass is 619 g/mol. The van der Waals surface area contributed by atoms with E-state index in [-0.39, 0.29) is 46.2 Å². The van der Waals surface area contributed by atoms with Gasteiger partial charge in [-0.2, -0.15) is 28.4 Å². The molecule has 7 rings (SSSR count). The molecule has 6 heterocycles. The van der Waals surface area contributed by atoms with Crippen molar-refractivity contribution in [2.75, 3.05) is 38.9 Å². The lowest BCUT2D eigenvalue weighted by molar-refractivity contribution is -0.182. The number of nitrogens with one attached hydrogen (secondary N) is 1. The maximum Gasteiger partial charge on any atom is 0.433 e. The molecule has 226 valence electrons. The van der Waals surface area contributed by atoms with Gasteiger partial charge in [0.1, 0.15) is 22.8 Å². The highest BCUT2D eigenvalue weighted by Gasteiger charge is 2.52. The van der Waals surface area contributed by atoms with Crippen molar-refractivity contribution < 1.29 is 32.1 Å². The Morgan fingerprint density at radius 2 is 1.95 bits per heavy atom. The molecular weight excluding hydrogens is 595 g/mol. The number of alkyl halides is 3. The SMILES string of the molecule is COCCOc1nccn2ncc(Oc3cnc4nc(Nc5cc(C(F)(F)F)n(C6CC7(COC7)C6)n5)n(C)c4c3Cl)c12. The van der Waals surface area contributed by atoms with Gasteiger partial charge in [-0.25, -0.2) is 14.5 Å². The molecule has 1 saturated carbocycles. The lowest BCUT2D eigenvalue weighted by atomic mass is 9.64. The first-order valence-electron chi connectivity index (χ1n) is 13.3. The number of rotatable bonds is 9. The van der Waals surface area contributed by atoms with Crippen LogP contribution in [0.5, 0.6) is 17.4 Å². The number of anilines is 2. The lowest BCUT2D eigenvalue weighted by Gasteiger charge is -2.53. The maximum absolute atomic E-state index is 13.9. The second-order valence-corrected chi connectivity index (χ2v) is 11.0. The first-order valence-corrected chi connectivity index (χ1v) is 13.7. The van der Waals surface area contributed by atoms with Crippen molar-refractivity contribution in [3.63, 3.8) is 0 Å². The second kappa shape index (κ2) is 10.2. The number of aromatic nitrogens is 8. The fourth-order valence-corrected chi connectivity index (χ4v) is 5.80. The summed E-state index contributed by atoms with van der Waals surface area (Å²) in [5.41, 5.74) is 0.281. The Hall–Kier alpha value is -4.15. The largest absolute Gasteiger partial charge is 0.474 e. The fourth-order valence-electron chi connectivity index (χ4n) is 5.50. The van der Waals surface area contributed by atoms with E-state index in [9.17, 15) is 13.2 Å². The third-order valence-electron chi connectivity index (χ3n) is 7.68. The quantitative estimate of drug-likeness (QED) is 0.230. The van der Waals surface area contributed by atoms with Crippen LogP contribution in [0.2, 0.25) is 5.02 Å². The van der Waals surface area contributed by atoms with Crippen molar-refractivity contribution in [1.82, 2.24) is 38.9 Å². The summed E-state index contributed by atoms with van der Waals surface area (Å²) in [6.07, 6.45) is 2.70. The van der Waals surface area contributed by atoms with Crippen LogP contribution >= 0.6 is 11.6 Å². The Morgan fingerprint density at radius 1 is 1.14 bits per heavy atom. The highest BCUT2D eigenvalue weighted by atomic mass is 35.5. The minimum atomic E-state index is -4.57. The Bertz CT molecular complexity index is 1820. The molecule has 43 heavy (non-hydrogen) atoms. The number of ether oxygens (including phenoxy) is 4. The second-order valence-electron chi connectivity index (χ2n) is 10.6. The summed E-state index contributed by atoms with van der Waals surface area (Å²) in [5, 5.41) is 11.6. The zero-order chi connectivity index (χ0) is 29.9. The van der Waals surface area contributed by atoms with Gasteiger partial charge in [0.25, 0.3) is 0 Å².